The Labute approximate surface area is 205 Å². The fourth-order valence-electron chi connectivity index (χ4n) is 4.36. The van der Waals surface area contributed by atoms with Gasteiger partial charge in [-0.1, -0.05) is 30.2 Å². The topological polar surface area (TPSA) is 96.8 Å². The summed E-state index contributed by atoms with van der Waals surface area (Å²) >= 11 is 0. The van der Waals surface area contributed by atoms with Gasteiger partial charge >= 0.3 is 5.97 Å². The Balaban J connectivity index is 1.67. The molecule has 1 aromatic heterocycles. The Morgan fingerprint density at radius 1 is 1.23 bits per heavy atom. The molecule has 1 aliphatic rings. The summed E-state index contributed by atoms with van der Waals surface area (Å²) in [6, 6.07) is 13.9. The molecule has 1 aliphatic heterocycles. The number of aromatic nitrogens is 2. The van der Waals surface area contributed by atoms with E-state index in [0.717, 1.165) is 41.3 Å². The van der Waals surface area contributed by atoms with Gasteiger partial charge in [0.05, 0.1) is 6.54 Å². The highest BCUT2D eigenvalue weighted by Crippen LogP contribution is 2.36. The van der Waals surface area contributed by atoms with E-state index in [0.29, 0.717) is 30.4 Å². The standard InChI is InChI=1S/C27H30N4O4/c1-3-8-19-12-13-23(24(15-19)35-18-34-4-2)26-21-10-5-6-11-22(21)27(30-29-26)28-20-9-7-14-31(16-20)17-25(32)33/h5-6,10-13,15,20H,4,7,9,14,16-18H2,1-2H3,(H,28,30)(H,32,33). The molecule has 0 radical (unpaired) electrons. The number of nitrogens with one attached hydrogen (secondary N) is 1. The van der Waals surface area contributed by atoms with Crippen molar-refractivity contribution in [2.75, 3.05) is 38.4 Å². The lowest BCUT2D eigenvalue weighted by atomic mass is 10.0. The van der Waals surface area contributed by atoms with Crippen molar-refractivity contribution < 1.29 is 19.4 Å². The number of carbonyl (C=O) groups is 1. The number of fused-ring (bicyclic) bond motifs is 1. The van der Waals surface area contributed by atoms with Crippen molar-refractivity contribution in [2.45, 2.75) is 32.7 Å². The smallest absolute Gasteiger partial charge is 0.317 e. The monoisotopic (exact) mass is 474 g/mol. The van der Waals surface area contributed by atoms with Gasteiger partial charge in [-0.3, -0.25) is 9.69 Å². The summed E-state index contributed by atoms with van der Waals surface area (Å²) in [6.07, 6.45) is 1.88. The molecule has 1 saturated heterocycles. The second kappa shape index (κ2) is 11.6. The molecule has 8 heteroatoms. The molecule has 3 aromatic rings. The average molecular weight is 475 g/mol. The normalized spacial score (nSPS) is 15.9. The molecule has 0 bridgehead atoms. The van der Waals surface area contributed by atoms with E-state index in [1.807, 2.05) is 54.3 Å². The maximum atomic E-state index is 11.1. The van der Waals surface area contributed by atoms with Crippen LogP contribution in [-0.4, -0.2) is 65.2 Å². The van der Waals surface area contributed by atoms with E-state index in [2.05, 4.69) is 27.4 Å². The molecular formula is C27H30N4O4. The molecule has 2 N–H and O–H groups in total. The van der Waals surface area contributed by atoms with E-state index in [1.54, 1.807) is 6.92 Å². The van der Waals surface area contributed by atoms with Crippen LogP contribution in [0.25, 0.3) is 22.0 Å². The number of hydrogen-bond donors (Lipinski definition) is 2. The van der Waals surface area contributed by atoms with Crippen LogP contribution < -0.4 is 10.1 Å². The third kappa shape index (κ3) is 6.07. The van der Waals surface area contributed by atoms with Crippen molar-refractivity contribution in [3.05, 3.63) is 48.0 Å². The van der Waals surface area contributed by atoms with Crippen molar-refractivity contribution in [1.29, 1.82) is 0 Å². The van der Waals surface area contributed by atoms with Gasteiger partial charge in [0.2, 0.25) is 0 Å². The van der Waals surface area contributed by atoms with Crippen molar-refractivity contribution in [1.82, 2.24) is 15.1 Å². The molecular weight excluding hydrogens is 444 g/mol. The van der Waals surface area contributed by atoms with E-state index < -0.39 is 5.97 Å². The van der Waals surface area contributed by atoms with E-state index >= 15 is 0 Å². The van der Waals surface area contributed by atoms with Gasteiger partial charge in [-0.2, -0.15) is 0 Å². The van der Waals surface area contributed by atoms with Crippen LogP contribution >= 0.6 is 0 Å². The molecule has 0 saturated carbocycles. The van der Waals surface area contributed by atoms with Gasteiger partial charge in [-0.05, 0) is 51.4 Å². The second-order valence-electron chi connectivity index (χ2n) is 8.40. The number of ether oxygens (including phenoxy) is 2. The number of carboxylic acids is 1. The second-order valence-corrected chi connectivity index (χ2v) is 8.40. The first-order valence-electron chi connectivity index (χ1n) is 11.8. The molecule has 0 amide bonds. The van der Waals surface area contributed by atoms with Gasteiger partial charge in [-0.25, -0.2) is 0 Å². The Hall–Kier alpha value is -3.67. The summed E-state index contributed by atoms with van der Waals surface area (Å²) in [5, 5.41) is 23.7. The quantitative estimate of drug-likeness (QED) is 0.273. The summed E-state index contributed by atoms with van der Waals surface area (Å²) in [4.78, 5) is 13.1. The summed E-state index contributed by atoms with van der Waals surface area (Å²) in [5.41, 5.74) is 2.37. The number of likely N-dealkylation sites (tertiary alicyclic amines) is 1. The lowest BCUT2D eigenvalue weighted by Crippen LogP contribution is -2.44. The van der Waals surface area contributed by atoms with Gasteiger partial charge in [-0.15, -0.1) is 16.1 Å². The van der Waals surface area contributed by atoms with Crippen molar-refractivity contribution in [3.8, 4) is 28.8 Å². The van der Waals surface area contributed by atoms with Crippen LogP contribution in [0.3, 0.4) is 0 Å². The number of nitrogens with zero attached hydrogens (tertiary/aromatic N) is 3. The van der Waals surface area contributed by atoms with Gasteiger partial charge in [0.1, 0.15) is 11.4 Å². The maximum absolute atomic E-state index is 11.1. The van der Waals surface area contributed by atoms with E-state index in [-0.39, 0.29) is 19.4 Å². The van der Waals surface area contributed by atoms with E-state index in [4.69, 9.17) is 14.6 Å². The predicted molar refractivity (Wildman–Crippen MR) is 135 cm³/mol. The molecule has 2 aromatic carbocycles. The Morgan fingerprint density at radius 3 is 2.83 bits per heavy atom. The first-order valence-corrected chi connectivity index (χ1v) is 11.8. The van der Waals surface area contributed by atoms with Gasteiger partial charge in [0.15, 0.2) is 12.6 Å². The Morgan fingerprint density at radius 2 is 2.06 bits per heavy atom. The minimum absolute atomic E-state index is 0.0481. The summed E-state index contributed by atoms with van der Waals surface area (Å²) in [7, 11) is 0. The summed E-state index contributed by atoms with van der Waals surface area (Å²) < 4.78 is 11.3. The number of carboxylic acid groups (broad SMARTS) is 1. The first-order chi connectivity index (χ1) is 17.1. The van der Waals surface area contributed by atoms with Crippen LogP contribution in [0.4, 0.5) is 5.82 Å². The molecule has 35 heavy (non-hydrogen) atoms. The van der Waals surface area contributed by atoms with Crippen LogP contribution in [0.5, 0.6) is 5.75 Å². The van der Waals surface area contributed by atoms with Crippen LogP contribution in [-0.2, 0) is 9.53 Å². The van der Waals surface area contributed by atoms with Crippen LogP contribution in [0.2, 0.25) is 0 Å². The fraction of sp³-hybridized carbons (Fsp3) is 0.370. The van der Waals surface area contributed by atoms with Crippen molar-refractivity contribution in [2.24, 2.45) is 0 Å². The fourth-order valence-corrected chi connectivity index (χ4v) is 4.36. The molecule has 1 atom stereocenters. The molecule has 182 valence electrons. The molecule has 0 aliphatic carbocycles. The van der Waals surface area contributed by atoms with Crippen molar-refractivity contribution in [3.63, 3.8) is 0 Å². The van der Waals surface area contributed by atoms with Crippen molar-refractivity contribution >= 4 is 22.6 Å². The highest BCUT2D eigenvalue weighted by Gasteiger charge is 2.23. The first kappa shape index (κ1) is 24.5. The van der Waals surface area contributed by atoms with Gasteiger partial charge in [0, 0.05) is 41.1 Å². The minimum atomic E-state index is -0.807. The van der Waals surface area contributed by atoms with E-state index in [9.17, 15) is 4.79 Å². The minimum Gasteiger partial charge on any atom is -0.480 e. The predicted octanol–water partition coefficient (Wildman–Crippen LogP) is 4.00. The number of rotatable bonds is 9. The number of piperidine rings is 1. The maximum Gasteiger partial charge on any atom is 0.317 e. The SMILES string of the molecule is CC#Cc1ccc(-c2nnc(NC3CCCN(CC(=O)O)C3)c3ccccc23)c(OCOCC)c1. The molecule has 1 unspecified atom stereocenters. The molecule has 4 rings (SSSR count). The van der Waals surface area contributed by atoms with E-state index in [1.165, 1.54) is 0 Å². The lowest BCUT2D eigenvalue weighted by Gasteiger charge is -2.32. The molecule has 0 spiro atoms. The van der Waals surface area contributed by atoms with Crippen LogP contribution in [0.1, 0.15) is 32.3 Å². The highest BCUT2D eigenvalue weighted by molar-refractivity contribution is 6.01. The zero-order chi connectivity index (χ0) is 24.6. The zero-order valence-electron chi connectivity index (χ0n) is 20.1. The Kier molecular flexibility index (Phi) is 8.14. The average Bonchev–Trinajstić information content (AvgIpc) is 2.85. The number of aliphatic carboxylic acids is 1. The zero-order valence-corrected chi connectivity index (χ0v) is 20.1. The summed E-state index contributed by atoms with van der Waals surface area (Å²) in [5.74, 6) is 6.50. The van der Waals surface area contributed by atoms with Gasteiger partial charge in [0.25, 0.3) is 0 Å². The molecule has 2 heterocycles. The lowest BCUT2D eigenvalue weighted by molar-refractivity contribution is -0.138. The Bertz CT molecular complexity index is 1250. The third-order valence-corrected chi connectivity index (χ3v) is 5.90. The molecule has 8 nitrogen and oxygen atoms in total. The number of hydrogen-bond acceptors (Lipinski definition) is 7. The molecule has 1 fully saturated rings. The summed E-state index contributed by atoms with van der Waals surface area (Å²) in [6.45, 7) is 5.89. The van der Waals surface area contributed by atoms with Crippen LogP contribution in [0, 0.1) is 11.8 Å². The van der Waals surface area contributed by atoms with Crippen LogP contribution in [0.15, 0.2) is 42.5 Å². The largest absolute Gasteiger partial charge is 0.480 e. The highest BCUT2D eigenvalue weighted by atomic mass is 16.7. The van der Waals surface area contributed by atoms with Gasteiger partial charge < -0.3 is 19.9 Å². The number of anilines is 1. The number of benzene rings is 2. The third-order valence-electron chi connectivity index (χ3n) is 5.90.